The van der Waals surface area contributed by atoms with E-state index in [9.17, 15) is 4.79 Å². The second-order valence-corrected chi connectivity index (χ2v) is 6.08. The lowest BCUT2D eigenvalue weighted by atomic mass is 9.94. The van der Waals surface area contributed by atoms with Crippen LogP contribution in [-0.2, 0) is 4.79 Å². The van der Waals surface area contributed by atoms with Gasteiger partial charge in [-0.05, 0) is 44.0 Å². The third-order valence-corrected chi connectivity index (χ3v) is 4.38. The van der Waals surface area contributed by atoms with Crippen LogP contribution < -0.4 is 11.1 Å². The van der Waals surface area contributed by atoms with Gasteiger partial charge in [-0.15, -0.1) is 12.4 Å². The summed E-state index contributed by atoms with van der Waals surface area (Å²) >= 11 is 6.07. The molecule has 1 aromatic carbocycles. The molecule has 1 heterocycles. The molecule has 2 rings (SSSR count). The van der Waals surface area contributed by atoms with Crippen LogP contribution in [0.15, 0.2) is 24.3 Å². The van der Waals surface area contributed by atoms with Crippen molar-refractivity contribution in [1.29, 1.82) is 0 Å². The van der Waals surface area contributed by atoms with Crippen LogP contribution in [0, 0.1) is 5.92 Å². The van der Waals surface area contributed by atoms with Gasteiger partial charge in [0, 0.05) is 30.7 Å². The number of rotatable bonds is 5. The molecule has 1 aliphatic rings. The lowest BCUT2D eigenvalue weighted by Gasteiger charge is -2.36. The number of piperidine rings is 1. The number of nitrogens with two attached hydrogens (primary N) is 1. The minimum Gasteiger partial charge on any atom is -0.355 e. The molecule has 2 unspecified atom stereocenters. The van der Waals surface area contributed by atoms with Crippen LogP contribution in [-0.4, -0.2) is 37.0 Å². The Bertz CT molecular complexity index is 484. The number of likely N-dealkylation sites (tertiary alicyclic amines) is 1. The quantitative estimate of drug-likeness (QED) is 0.862. The van der Waals surface area contributed by atoms with E-state index in [-0.39, 0.29) is 30.3 Å². The largest absolute Gasteiger partial charge is 0.355 e. The Kier molecular flexibility index (Phi) is 8.18. The normalized spacial score (nSPS) is 20.0. The molecule has 6 heteroatoms. The summed E-state index contributed by atoms with van der Waals surface area (Å²) in [4.78, 5) is 14.5. The molecule has 0 saturated carbocycles. The van der Waals surface area contributed by atoms with E-state index >= 15 is 0 Å². The van der Waals surface area contributed by atoms with Crippen molar-refractivity contribution in [3.63, 3.8) is 0 Å². The topological polar surface area (TPSA) is 58.4 Å². The van der Waals surface area contributed by atoms with Crippen LogP contribution >= 0.6 is 24.0 Å². The SMILES string of the molecule is CC(c1cccc(Cl)c1)N1CCCC(C(=O)NCCN)C1.Cl. The summed E-state index contributed by atoms with van der Waals surface area (Å²) in [6.07, 6.45) is 2.00. The molecule has 1 amide bonds. The van der Waals surface area contributed by atoms with E-state index in [0.29, 0.717) is 13.1 Å². The third kappa shape index (κ3) is 5.13. The Labute approximate surface area is 143 Å². The summed E-state index contributed by atoms with van der Waals surface area (Å²) in [7, 11) is 0. The molecule has 2 atom stereocenters. The van der Waals surface area contributed by atoms with E-state index in [4.69, 9.17) is 17.3 Å². The Morgan fingerprint density at radius 2 is 2.32 bits per heavy atom. The van der Waals surface area contributed by atoms with Crippen molar-refractivity contribution in [1.82, 2.24) is 10.2 Å². The van der Waals surface area contributed by atoms with Gasteiger partial charge in [-0.2, -0.15) is 0 Å². The van der Waals surface area contributed by atoms with Gasteiger partial charge in [-0.1, -0.05) is 23.7 Å². The van der Waals surface area contributed by atoms with Crippen LogP contribution in [0.2, 0.25) is 5.02 Å². The second kappa shape index (κ2) is 9.36. The highest BCUT2D eigenvalue weighted by molar-refractivity contribution is 6.30. The number of nitrogens with one attached hydrogen (secondary N) is 1. The summed E-state index contributed by atoms with van der Waals surface area (Å²) < 4.78 is 0. The molecule has 0 bridgehead atoms. The molecule has 3 N–H and O–H groups in total. The van der Waals surface area contributed by atoms with Gasteiger partial charge >= 0.3 is 0 Å². The predicted octanol–water partition coefficient (Wildman–Crippen LogP) is 2.61. The van der Waals surface area contributed by atoms with Crippen molar-refractivity contribution in [2.45, 2.75) is 25.8 Å². The zero-order valence-electron chi connectivity index (χ0n) is 12.9. The Morgan fingerprint density at radius 1 is 1.55 bits per heavy atom. The van der Waals surface area contributed by atoms with Gasteiger partial charge in [0.1, 0.15) is 0 Å². The summed E-state index contributed by atoms with van der Waals surface area (Å²) in [6, 6.07) is 8.23. The van der Waals surface area contributed by atoms with Gasteiger partial charge in [0.2, 0.25) is 5.91 Å². The first-order chi connectivity index (χ1) is 10.1. The highest BCUT2D eigenvalue weighted by Gasteiger charge is 2.28. The zero-order chi connectivity index (χ0) is 15.2. The van der Waals surface area contributed by atoms with Gasteiger partial charge in [0.15, 0.2) is 0 Å². The molecule has 0 aliphatic carbocycles. The van der Waals surface area contributed by atoms with Crippen LogP contribution in [0.3, 0.4) is 0 Å². The van der Waals surface area contributed by atoms with Crippen molar-refractivity contribution in [2.75, 3.05) is 26.2 Å². The van der Waals surface area contributed by atoms with Gasteiger partial charge in [0.25, 0.3) is 0 Å². The van der Waals surface area contributed by atoms with E-state index < -0.39 is 0 Å². The summed E-state index contributed by atoms with van der Waals surface area (Å²) in [5.74, 6) is 0.190. The van der Waals surface area contributed by atoms with Crippen LogP contribution in [0.25, 0.3) is 0 Å². The maximum absolute atomic E-state index is 12.1. The van der Waals surface area contributed by atoms with Gasteiger partial charge in [-0.3, -0.25) is 9.69 Å². The first-order valence-electron chi connectivity index (χ1n) is 7.59. The van der Waals surface area contributed by atoms with Gasteiger partial charge in [0.05, 0.1) is 5.92 Å². The predicted molar refractivity (Wildman–Crippen MR) is 93.5 cm³/mol. The van der Waals surface area contributed by atoms with Crippen LogP contribution in [0.4, 0.5) is 0 Å². The number of hydrogen-bond donors (Lipinski definition) is 2. The zero-order valence-corrected chi connectivity index (χ0v) is 14.5. The van der Waals surface area contributed by atoms with Gasteiger partial charge in [-0.25, -0.2) is 0 Å². The van der Waals surface area contributed by atoms with Crippen molar-refractivity contribution in [3.8, 4) is 0 Å². The molecule has 1 saturated heterocycles. The fourth-order valence-corrected chi connectivity index (χ4v) is 3.09. The van der Waals surface area contributed by atoms with E-state index in [1.807, 2.05) is 18.2 Å². The lowest BCUT2D eigenvalue weighted by Crippen LogP contribution is -2.44. The first kappa shape index (κ1) is 19.2. The number of nitrogens with zero attached hydrogens (tertiary/aromatic N) is 1. The van der Waals surface area contributed by atoms with Crippen molar-refractivity contribution >= 4 is 29.9 Å². The molecule has 22 heavy (non-hydrogen) atoms. The highest BCUT2D eigenvalue weighted by atomic mass is 35.5. The number of hydrogen-bond acceptors (Lipinski definition) is 3. The molecule has 1 aromatic rings. The van der Waals surface area contributed by atoms with Crippen LogP contribution in [0.1, 0.15) is 31.4 Å². The molecule has 0 spiro atoms. The molecule has 1 aliphatic heterocycles. The monoisotopic (exact) mass is 345 g/mol. The number of halogens is 2. The van der Waals surface area contributed by atoms with Crippen molar-refractivity contribution < 1.29 is 4.79 Å². The number of carbonyl (C=O) groups is 1. The minimum atomic E-state index is 0. The van der Waals surface area contributed by atoms with Crippen molar-refractivity contribution in [2.24, 2.45) is 11.7 Å². The number of amides is 1. The Morgan fingerprint density at radius 3 is 3.00 bits per heavy atom. The molecular formula is C16H25Cl2N3O. The second-order valence-electron chi connectivity index (χ2n) is 5.64. The van der Waals surface area contributed by atoms with Crippen LogP contribution in [0.5, 0.6) is 0 Å². The fourth-order valence-electron chi connectivity index (χ4n) is 2.89. The summed E-state index contributed by atoms with van der Waals surface area (Å²) in [5.41, 5.74) is 6.63. The summed E-state index contributed by atoms with van der Waals surface area (Å²) in [6.45, 7) is 5.03. The van der Waals surface area contributed by atoms with E-state index in [1.165, 1.54) is 5.56 Å². The maximum atomic E-state index is 12.1. The number of carbonyl (C=O) groups excluding carboxylic acids is 1. The molecule has 1 fully saturated rings. The van der Waals surface area contributed by atoms with E-state index in [2.05, 4.69) is 23.2 Å². The first-order valence-corrected chi connectivity index (χ1v) is 7.97. The Balaban J connectivity index is 0.00000242. The number of benzene rings is 1. The van der Waals surface area contributed by atoms with E-state index in [0.717, 1.165) is 31.0 Å². The van der Waals surface area contributed by atoms with Crippen molar-refractivity contribution in [3.05, 3.63) is 34.9 Å². The maximum Gasteiger partial charge on any atom is 0.224 e. The molecule has 0 radical (unpaired) electrons. The van der Waals surface area contributed by atoms with E-state index in [1.54, 1.807) is 0 Å². The minimum absolute atomic E-state index is 0. The standard InChI is InChI=1S/C16H24ClN3O.ClH/c1-12(13-4-2-6-15(17)10-13)20-9-3-5-14(11-20)16(21)19-8-7-18;/h2,4,6,10,12,14H,3,5,7-9,11,18H2,1H3,(H,19,21);1H. The lowest BCUT2D eigenvalue weighted by molar-refractivity contribution is -0.126. The molecular weight excluding hydrogens is 321 g/mol. The molecule has 124 valence electrons. The van der Waals surface area contributed by atoms with Gasteiger partial charge < -0.3 is 11.1 Å². The summed E-state index contributed by atoms with van der Waals surface area (Å²) in [5, 5.41) is 3.66. The third-order valence-electron chi connectivity index (χ3n) is 4.15. The Hall–Kier alpha value is -0.810. The average molecular weight is 346 g/mol. The highest BCUT2D eigenvalue weighted by Crippen LogP contribution is 2.28. The average Bonchev–Trinajstić information content (AvgIpc) is 2.52. The fraction of sp³-hybridized carbons (Fsp3) is 0.562. The molecule has 0 aromatic heterocycles. The smallest absolute Gasteiger partial charge is 0.224 e. The molecule has 4 nitrogen and oxygen atoms in total.